The van der Waals surface area contributed by atoms with Crippen LogP contribution in [0.5, 0.6) is 0 Å². The van der Waals surface area contributed by atoms with Gasteiger partial charge in [0.25, 0.3) is 0 Å². The highest BCUT2D eigenvalue weighted by atomic mass is 16.3. The maximum atomic E-state index is 9.18. The van der Waals surface area contributed by atoms with Gasteiger partial charge < -0.3 is 10.0 Å². The van der Waals surface area contributed by atoms with Crippen LogP contribution in [0.2, 0.25) is 0 Å². The van der Waals surface area contributed by atoms with E-state index < -0.39 is 0 Å². The number of rotatable bonds is 1. The number of aliphatic hydroxyl groups is 1. The fourth-order valence-corrected chi connectivity index (χ4v) is 1.52. The molecule has 14 heavy (non-hydrogen) atoms. The summed E-state index contributed by atoms with van der Waals surface area (Å²) in [4.78, 5) is 6.00. The summed E-state index contributed by atoms with van der Waals surface area (Å²) in [7, 11) is 0. The van der Waals surface area contributed by atoms with E-state index in [-0.39, 0.29) is 6.10 Å². The zero-order valence-electron chi connectivity index (χ0n) is 7.28. The number of anilines is 1. The van der Waals surface area contributed by atoms with Crippen molar-refractivity contribution in [3.63, 3.8) is 0 Å². The lowest BCUT2D eigenvalue weighted by Crippen LogP contribution is -2.51. The Morgan fingerprint density at radius 3 is 3.00 bits per heavy atom. The van der Waals surface area contributed by atoms with E-state index in [1.54, 1.807) is 16.9 Å². The molecular weight excluding hydrogens is 184 g/mol. The van der Waals surface area contributed by atoms with Gasteiger partial charge in [-0.15, -0.1) is 5.10 Å². The number of β-amino-alcohol motifs (C(OH)–C–C–N with tert-alkyl or cyclic N) is 1. The first-order valence-corrected chi connectivity index (χ1v) is 4.30. The van der Waals surface area contributed by atoms with Gasteiger partial charge in [-0.25, -0.2) is 0 Å². The van der Waals surface area contributed by atoms with Gasteiger partial charge >= 0.3 is 0 Å². The van der Waals surface area contributed by atoms with Crippen molar-refractivity contribution in [2.24, 2.45) is 0 Å². The van der Waals surface area contributed by atoms with Gasteiger partial charge in [0.1, 0.15) is 0 Å². The first-order valence-electron chi connectivity index (χ1n) is 4.30. The predicted molar refractivity (Wildman–Crippen MR) is 46.8 cm³/mol. The number of nitrogens with zero attached hydrogens (tertiary/aromatic N) is 6. The molecule has 0 aromatic carbocycles. The summed E-state index contributed by atoms with van der Waals surface area (Å²) >= 11 is 0. The molecule has 3 heterocycles. The quantitative estimate of drug-likeness (QED) is 0.605. The largest absolute Gasteiger partial charge is 0.389 e. The summed E-state index contributed by atoms with van der Waals surface area (Å²) in [6, 6.07) is 0. The summed E-state index contributed by atoms with van der Waals surface area (Å²) < 4.78 is 1.61. The maximum Gasteiger partial charge on any atom is 0.199 e. The predicted octanol–water partition coefficient (Wildman–Crippen LogP) is -1.30. The first kappa shape index (κ1) is 7.63. The van der Waals surface area contributed by atoms with E-state index in [0.717, 1.165) is 5.82 Å². The third-order valence-electron chi connectivity index (χ3n) is 2.28. The molecular formula is C7H8N6O. The third-order valence-corrected chi connectivity index (χ3v) is 2.28. The molecule has 1 saturated heterocycles. The van der Waals surface area contributed by atoms with Crippen molar-refractivity contribution in [3.8, 4) is 0 Å². The lowest BCUT2D eigenvalue weighted by atomic mass is 10.2. The van der Waals surface area contributed by atoms with Gasteiger partial charge in [0.05, 0.1) is 18.5 Å². The van der Waals surface area contributed by atoms with Crippen LogP contribution in [-0.4, -0.2) is 49.3 Å². The van der Waals surface area contributed by atoms with Crippen molar-refractivity contribution in [3.05, 3.63) is 12.4 Å². The topological polar surface area (TPSA) is 79.4 Å². The van der Waals surface area contributed by atoms with Gasteiger partial charge in [-0.1, -0.05) is 0 Å². The second-order valence-corrected chi connectivity index (χ2v) is 3.27. The van der Waals surface area contributed by atoms with Gasteiger partial charge in [-0.2, -0.15) is 4.52 Å². The molecule has 2 aromatic rings. The van der Waals surface area contributed by atoms with Crippen molar-refractivity contribution in [1.82, 2.24) is 25.0 Å². The van der Waals surface area contributed by atoms with Gasteiger partial charge in [0.15, 0.2) is 11.5 Å². The molecule has 0 aliphatic carbocycles. The van der Waals surface area contributed by atoms with Gasteiger partial charge in [-0.3, -0.25) is 4.98 Å². The van der Waals surface area contributed by atoms with E-state index in [1.165, 1.54) is 0 Å². The molecule has 0 radical (unpaired) electrons. The molecule has 72 valence electrons. The Balaban J connectivity index is 2.07. The number of tetrazole rings is 1. The second-order valence-electron chi connectivity index (χ2n) is 3.27. The third kappa shape index (κ3) is 0.956. The molecule has 3 rings (SSSR count). The summed E-state index contributed by atoms with van der Waals surface area (Å²) in [5.74, 6) is 0.817. The highest BCUT2D eigenvalue weighted by Gasteiger charge is 2.26. The Morgan fingerprint density at radius 1 is 1.36 bits per heavy atom. The summed E-state index contributed by atoms with van der Waals surface area (Å²) in [6.45, 7) is 1.22. The average molecular weight is 192 g/mol. The number of hydrogen-bond acceptors (Lipinski definition) is 6. The molecule has 0 spiro atoms. The van der Waals surface area contributed by atoms with Crippen LogP contribution in [-0.2, 0) is 0 Å². The fourth-order valence-electron chi connectivity index (χ4n) is 1.52. The Hall–Kier alpha value is -1.76. The fraction of sp³-hybridized carbons (Fsp3) is 0.429. The molecule has 7 nitrogen and oxygen atoms in total. The molecule has 0 atom stereocenters. The van der Waals surface area contributed by atoms with E-state index in [9.17, 15) is 5.11 Å². The maximum absolute atomic E-state index is 9.18. The molecule has 1 fully saturated rings. The van der Waals surface area contributed by atoms with Gasteiger partial charge in [-0.05, 0) is 10.4 Å². The van der Waals surface area contributed by atoms with Crippen molar-refractivity contribution in [2.75, 3.05) is 18.0 Å². The number of aliphatic hydroxyl groups excluding tert-OH is 1. The Labute approximate surface area is 79.0 Å². The molecule has 0 unspecified atom stereocenters. The van der Waals surface area contributed by atoms with Crippen LogP contribution in [0.3, 0.4) is 0 Å². The Kier molecular flexibility index (Phi) is 1.42. The second kappa shape index (κ2) is 2.61. The minimum Gasteiger partial charge on any atom is -0.389 e. The monoisotopic (exact) mass is 192 g/mol. The molecule has 1 N–H and O–H groups in total. The van der Waals surface area contributed by atoms with E-state index >= 15 is 0 Å². The summed E-state index contributed by atoms with van der Waals surface area (Å²) in [5.41, 5.74) is 0.615. The van der Waals surface area contributed by atoms with Crippen LogP contribution in [0, 0.1) is 0 Å². The van der Waals surface area contributed by atoms with Crippen LogP contribution < -0.4 is 4.90 Å². The minimum absolute atomic E-state index is 0.248. The molecule has 7 heteroatoms. The lowest BCUT2D eigenvalue weighted by molar-refractivity contribution is 0.141. The normalized spacial score (nSPS) is 17.4. The highest BCUT2D eigenvalue weighted by molar-refractivity contribution is 5.47. The van der Waals surface area contributed by atoms with E-state index in [0.29, 0.717) is 18.7 Å². The summed E-state index contributed by atoms with van der Waals surface area (Å²) in [6.07, 6.45) is 3.04. The molecule has 0 amide bonds. The zero-order chi connectivity index (χ0) is 9.54. The van der Waals surface area contributed by atoms with Gasteiger partial charge in [0, 0.05) is 13.1 Å². The van der Waals surface area contributed by atoms with Crippen molar-refractivity contribution in [1.29, 1.82) is 0 Å². The SMILES string of the molecule is OC1CN(c2cncc3nnnn23)C1. The van der Waals surface area contributed by atoms with Crippen LogP contribution >= 0.6 is 0 Å². The van der Waals surface area contributed by atoms with Gasteiger partial charge in [0.2, 0.25) is 0 Å². The number of aromatic nitrogens is 5. The van der Waals surface area contributed by atoms with Crippen LogP contribution in [0.15, 0.2) is 12.4 Å². The molecule has 0 bridgehead atoms. The lowest BCUT2D eigenvalue weighted by Gasteiger charge is -2.36. The van der Waals surface area contributed by atoms with Crippen LogP contribution in [0.1, 0.15) is 0 Å². The zero-order valence-corrected chi connectivity index (χ0v) is 7.28. The van der Waals surface area contributed by atoms with Crippen LogP contribution in [0.25, 0.3) is 5.65 Å². The minimum atomic E-state index is -0.248. The van der Waals surface area contributed by atoms with E-state index in [4.69, 9.17) is 0 Å². The summed E-state index contributed by atoms with van der Waals surface area (Å²) in [5, 5.41) is 20.4. The van der Waals surface area contributed by atoms with E-state index in [1.807, 2.05) is 4.90 Å². The van der Waals surface area contributed by atoms with Crippen LogP contribution in [0.4, 0.5) is 5.82 Å². The standard InChI is InChI=1S/C7H8N6O/c14-5-3-12(4-5)7-2-8-1-6-9-10-11-13(6)7/h1-2,5,14H,3-4H2. The Morgan fingerprint density at radius 2 is 2.21 bits per heavy atom. The molecule has 0 saturated carbocycles. The number of hydrogen-bond donors (Lipinski definition) is 1. The van der Waals surface area contributed by atoms with Crippen molar-refractivity contribution < 1.29 is 5.11 Å². The van der Waals surface area contributed by atoms with Crippen molar-refractivity contribution in [2.45, 2.75) is 6.10 Å². The average Bonchev–Trinajstić information content (AvgIpc) is 2.60. The molecule has 1 aliphatic heterocycles. The Bertz CT molecular complexity index is 462. The smallest absolute Gasteiger partial charge is 0.199 e. The molecule has 2 aromatic heterocycles. The first-order chi connectivity index (χ1) is 6.84. The van der Waals surface area contributed by atoms with E-state index in [2.05, 4.69) is 20.5 Å². The highest BCUT2D eigenvalue weighted by Crippen LogP contribution is 2.19. The molecule has 1 aliphatic rings. The van der Waals surface area contributed by atoms with Crippen molar-refractivity contribution >= 4 is 11.5 Å². The number of fused-ring (bicyclic) bond motifs is 1.